The highest BCUT2D eigenvalue weighted by atomic mass is 15.2. The fraction of sp³-hybridized carbons (Fsp3) is 0.133. The van der Waals surface area contributed by atoms with Crippen molar-refractivity contribution in [3.63, 3.8) is 0 Å². The molecule has 0 aliphatic carbocycles. The van der Waals surface area contributed by atoms with Crippen molar-refractivity contribution in [1.82, 2.24) is 0 Å². The molecule has 1 aliphatic heterocycles. The van der Waals surface area contributed by atoms with Gasteiger partial charge in [0.25, 0.3) is 5.82 Å². The first-order valence-corrected chi connectivity index (χ1v) is 6.27. The van der Waals surface area contributed by atoms with Crippen LogP contribution in [0.5, 0.6) is 0 Å². The Morgan fingerprint density at radius 3 is 2.67 bits per heavy atom. The molecular weight excluding hydrogens is 219 g/mol. The summed E-state index contributed by atoms with van der Waals surface area (Å²) in [7, 11) is 2.08. The molecule has 2 heterocycles. The second-order valence-electron chi connectivity index (χ2n) is 4.70. The van der Waals surface area contributed by atoms with Crippen molar-refractivity contribution in [1.29, 1.82) is 0 Å². The molecule has 1 aromatic heterocycles. The highest BCUT2D eigenvalue weighted by Crippen LogP contribution is 2.17. The number of hydrogen-bond donors (Lipinski definition) is 0. The zero-order chi connectivity index (χ0) is 12.5. The lowest BCUT2D eigenvalue weighted by Gasteiger charge is -2.24. The Bertz CT molecular complexity index is 607. The minimum absolute atomic E-state index is 0.361. The quantitative estimate of drug-likeness (QED) is 0.540. The van der Waals surface area contributed by atoms with Crippen LogP contribution in [-0.2, 0) is 7.05 Å². The summed E-state index contributed by atoms with van der Waals surface area (Å²) in [5.74, 6) is 1.20. The molecule has 0 spiro atoms. The van der Waals surface area contributed by atoms with Crippen LogP contribution in [0, 0.1) is 0 Å². The molecule has 0 atom stereocenters. The van der Waals surface area contributed by atoms with E-state index in [-0.39, 0.29) is 0 Å². The summed E-state index contributed by atoms with van der Waals surface area (Å²) in [6, 6.07) is 14.9. The molecular formula is C15H16BN2+. The number of hydrogen-bond acceptors (Lipinski definition) is 1. The number of fused-ring (bicyclic) bond motifs is 1. The average Bonchev–Trinajstić information content (AvgIpc) is 2.41. The largest absolute Gasteiger partial charge is 0.409 e. The van der Waals surface area contributed by atoms with Gasteiger partial charge in [0.15, 0.2) is 0 Å². The van der Waals surface area contributed by atoms with Crippen LogP contribution in [0.3, 0.4) is 0 Å². The lowest BCUT2D eigenvalue weighted by atomic mass is 9.54. The molecule has 2 nitrogen and oxygen atoms in total. The van der Waals surface area contributed by atoms with Crippen LogP contribution in [0.1, 0.15) is 5.56 Å². The van der Waals surface area contributed by atoms with Crippen molar-refractivity contribution < 1.29 is 4.57 Å². The van der Waals surface area contributed by atoms with Gasteiger partial charge in [0, 0.05) is 6.07 Å². The molecule has 2 aromatic rings. The van der Waals surface area contributed by atoms with Gasteiger partial charge in [-0.05, 0) is 30.0 Å². The summed E-state index contributed by atoms with van der Waals surface area (Å²) in [4.78, 5) is 2.31. The Morgan fingerprint density at radius 2 is 1.83 bits per heavy atom. The van der Waals surface area contributed by atoms with Gasteiger partial charge < -0.3 is 0 Å². The Balaban J connectivity index is 2.06. The fourth-order valence-electron chi connectivity index (χ4n) is 2.54. The third kappa shape index (κ3) is 1.72. The van der Waals surface area contributed by atoms with E-state index in [1.807, 2.05) is 0 Å². The van der Waals surface area contributed by atoms with Gasteiger partial charge in [-0.15, -0.1) is 0 Å². The van der Waals surface area contributed by atoms with E-state index in [1.165, 1.54) is 16.8 Å². The molecule has 1 aliphatic rings. The third-order valence-electron chi connectivity index (χ3n) is 3.57. The van der Waals surface area contributed by atoms with Crippen LogP contribution >= 0.6 is 0 Å². The third-order valence-corrected chi connectivity index (χ3v) is 3.57. The van der Waals surface area contributed by atoms with Crippen molar-refractivity contribution in [2.75, 3.05) is 4.81 Å². The minimum Gasteiger partial charge on any atom is -0.293 e. The van der Waals surface area contributed by atoms with Crippen molar-refractivity contribution in [2.45, 2.75) is 6.82 Å². The lowest BCUT2D eigenvalue weighted by Crippen LogP contribution is -2.50. The Morgan fingerprint density at radius 1 is 1.06 bits per heavy atom. The Kier molecular flexibility index (Phi) is 2.67. The molecule has 18 heavy (non-hydrogen) atoms. The maximum absolute atomic E-state index is 2.31. The van der Waals surface area contributed by atoms with E-state index in [0.29, 0.717) is 6.85 Å². The van der Waals surface area contributed by atoms with Crippen molar-refractivity contribution >= 4 is 24.2 Å². The van der Waals surface area contributed by atoms with Crippen molar-refractivity contribution in [2.24, 2.45) is 7.05 Å². The van der Waals surface area contributed by atoms with Gasteiger partial charge in [0.2, 0.25) is 0 Å². The Labute approximate surface area is 108 Å². The number of pyridine rings is 1. The van der Waals surface area contributed by atoms with Gasteiger partial charge in [-0.2, -0.15) is 0 Å². The lowest BCUT2D eigenvalue weighted by molar-refractivity contribution is -0.658. The maximum atomic E-state index is 2.31. The van der Waals surface area contributed by atoms with E-state index in [9.17, 15) is 0 Å². The molecule has 1 aromatic carbocycles. The zero-order valence-electron chi connectivity index (χ0n) is 10.7. The minimum atomic E-state index is 0.361. The fourth-order valence-corrected chi connectivity index (χ4v) is 2.54. The summed E-state index contributed by atoms with van der Waals surface area (Å²) in [6.07, 6.45) is 6.43. The number of rotatable bonds is 1. The van der Waals surface area contributed by atoms with Gasteiger partial charge >= 0.3 is 6.85 Å². The highest BCUT2D eigenvalue weighted by molar-refractivity contribution is 6.77. The molecule has 0 radical (unpaired) electrons. The molecule has 0 saturated carbocycles. The van der Waals surface area contributed by atoms with Crippen LogP contribution in [0.2, 0.25) is 6.82 Å². The molecule has 0 fully saturated rings. The predicted molar refractivity (Wildman–Crippen MR) is 76.8 cm³/mol. The summed E-state index contributed by atoms with van der Waals surface area (Å²) in [5.41, 5.74) is 2.70. The van der Waals surface area contributed by atoms with E-state index < -0.39 is 0 Å². The highest BCUT2D eigenvalue weighted by Gasteiger charge is 2.32. The molecule has 0 saturated heterocycles. The van der Waals surface area contributed by atoms with Crippen LogP contribution in [-0.4, -0.2) is 6.85 Å². The summed E-state index contributed by atoms with van der Waals surface area (Å²) in [5, 5.41) is 0. The SMILES string of the molecule is CB1c2ccccc2C=CN1c1cccc[n+]1C. The standard InChI is InChI=1S/C15H16BN2/c1-16-14-8-4-3-7-13(14)10-12-18(16)15-9-5-6-11-17(15)2/h3-12H,1-2H3/q+1. The summed E-state index contributed by atoms with van der Waals surface area (Å²) >= 11 is 0. The molecule has 0 bridgehead atoms. The second kappa shape index (κ2) is 4.33. The normalized spacial score (nSPS) is 13.7. The average molecular weight is 235 g/mol. The number of aryl methyl sites for hydroxylation is 1. The van der Waals surface area contributed by atoms with Gasteiger partial charge in [0.1, 0.15) is 0 Å². The first-order chi connectivity index (χ1) is 8.77. The molecule has 0 N–H and O–H groups in total. The van der Waals surface area contributed by atoms with Crippen LogP contribution < -0.4 is 14.8 Å². The monoisotopic (exact) mass is 235 g/mol. The van der Waals surface area contributed by atoms with Gasteiger partial charge in [-0.25, -0.2) is 4.57 Å². The molecule has 88 valence electrons. The van der Waals surface area contributed by atoms with Crippen molar-refractivity contribution in [3.8, 4) is 0 Å². The number of anilines is 1. The first kappa shape index (κ1) is 11.1. The summed E-state index contributed by atoms with van der Waals surface area (Å²) in [6.45, 7) is 2.61. The number of benzene rings is 1. The second-order valence-corrected chi connectivity index (χ2v) is 4.70. The van der Waals surface area contributed by atoms with E-state index in [1.54, 1.807) is 0 Å². The topological polar surface area (TPSA) is 7.12 Å². The summed E-state index contributed by atoms with van der Waals surface area (Å²) < 4.78 is 2.15. The van der Waals surface area contributed by atoms with E-state index >= 15 is 0 Å². The molecule has 0 amide bonds. The molecule has 0 unspecified atom stereocenters. The van der Waals surface area contributed by atoms with E-state index in [4.69, 9.17) is 0 Å². The van der Waals surface area contributed by atoms with Crippen molar-refractivity contribution in [3.05, 3.63) is 60.4 Å². The van der Waals surface area contributed by atoms with Crippen LogP contribution in [0.15, 0.2) is 54.9 Å². The van der Waals surface area contributed by atoms with E-state index in [2.05, 4.69) is 84.2 Å². The van der Waals surface area contributed by atoms with Gasteiger partial charge in [0.05, 0.1) is 19.4 Å². The maximum Gasteiger partial charge on any atom is 0.409 e. The van der Waals surface area contributed by atoms with Crippen LogP contribution in [0.4, 0.5) is 5.82 Å². The number of nitrogens with zero attached hydrogens (tertiary/aromatic N) is 2. The number of aromatic nitrogens is 1. The smallest absolute Gasteiger partial charge is 0.293 e. The first-order valence-electron chi connectivity index (χ1n) is 6.27. The van der Waals surface area contributed by atoms with Crippen LogP contribution in [0.25, 0.3) is 6.08 Å². The van der Waals surface area contributed by atoms with Gasteiger partial charge in [-0.1, -0.05) is 30.3 Å². The van der Waals surface area contributed by atoms with Gasteiger partial charge in [-0.3, -0.25) is 4.81 Å². The van der Waals surface area contributed by atoms with E-state index in [0.717, 1.165) is 0 Å². The predicted octanol–water partition coefficient (Wildman–Crippen LogP) is 1.83. The zero-order valence-corrected chi connectivity index (χ0v) is 10.7. The Hall–Kier alpha value is -2.03. The molecule has 3 rings (SSSR count). The molecule has 3 heteroatoms.